The van der Waals surface area contributed by atoms with Gasteiger partial charge in [-0.2, -0.15) is 0 Å². The van der Waals surface area contributed by atoms with E-state index >= 15 is 0 Å². The van der Waals surface area contributed by atoms with Gasteiger partial charge in [-0.3, -0.25) is 4.79 Å². The van der Waals surface area contributed by atoms with Gasteiger partial charge in [0.25, 0.3) is 5.91 Å². The van der Waals surface area contributed by atoms with Crippen LogP contribution in [-0.2, 0) is 23.0 Å². The molecule has 1 aromatic heterocycles. The van der Waals surface area contributed by atoms with Crippen molar-refractivity contribution in [1.29, 1.82) is 0 Å². The van der Waals surface area contributed by atoms with Gasteiger partial charge in [-0.15, -0.1) is 0 Å². The summed E-state index contributed by atoms with van der Waals surface area (Å²) in [6, 6.07) is 22.0. The van der Waals surface area contributed by atoms with Crippen LogP contribution < -0.4 is 10.1 Å². The average molecular weight is 541 g/mol. The molecule has 0 aliphatic rings. The lowest BCUT2D eigenvalue weighted by molar-refractivity contribution is -0.150. The predicted molar refractivity (Wildman–Crippen MR) is 160 cm³/mol. The van der Waals surface area contributed by atoms with E-state index in [-0.39, 0.29) is 17.9 Å². The SMILES string of the molecule is CCOC(=O)C(C)Oc1cccc(Cc2c(C)n(C)c3cc(C(=O)N[C@@H](C)c4cccc(C(C)C)c4)ccc23)c1. The Kier molecular flexibility index (Phi) is 8.98. The quantitative estimate of drug-likeness (QED) is 0.219. The van der Waals surface area contributed by atoms with E-state index < -0.39 is 6.10 Å². The number of benzene rings is 3. The molecule has 3 aromatic carbocycles. The lowest BCUT2D eigenvalue weighted by Crippen LogP contribution is -2.26. The van der Waals surface area contributed by atoms with Crippen LogP contribution in [0.15, 0.2) is 66.7 Å². The topological polar surface area (TPSA) is 69.6 Å². The van der Waals surface area contributed by atoms with Crippen LogP contribution >= 0.6 is 0 Å². The van der Waals surface area contributed by atoms with Gasteiger partial charge in [0.2, 0.25) is 0 Å². The average Bonchev–Trinajstić information content (AvgIpc) is 3.17. The fourth-order valence-electron chi connectivity index (χ4n) is 5.00. The largest absolute Gasteiger partial charge is 0.479 e. The fourth-order valence-corrected chi connectivity index (χ4v) is 5.00. The van der Waals surface area contributed by atoms with Crippen molar-refractivity contribution in [3.05, 3.63) is 100 Å². The summed E-state index contributed by atoms with van der Waals surface area (Å²) < 4.78 is 13.0. The number of rotatable bonds is 10. The van der Waals surface area contributed by atoms with Crippen molar-refractivity contribution in [1.82, 2.24) is 9.88 Å². The fraction of sp³-hybridized carbons (Fsp3) is 0.353. The van der Waals surface area contributed by atoms with Crippen LogP contribution in [0.5, 0.6) is 5.75 Å². The smallest absolute Gasteiger partial charge is 0.347 e. The Morgan fingerprint density at radius 3 is 2.38 bits per heavy atom. The molecular formula is C34H40N2O4. The summed E-state index contributed by atoms with van der Waals surface area (Å²) in [6.07, 6.45) is 0.0177. The maximum atomic E-state index is 13.2. The van der Waals surface area contributed by atoms with Crippen molar-refractivity contribution in [2.45, 2.75) is 66.0 Å². The molecule has 0 bridgehead atoms. The zero-order valence-electron chi connectivity index (χ0n) is 24.6. The first-order valence-corrected chi connectivity index (χ1v) is 14.0. The number of hydrogen-bond donors (Lipinski definition) is 1. The van der Waals surface area contributed by atoms with Crippen LogP contribution in [0, 0.1) is 6.92 Å². The molecule has 0 aliphatic heterocycles. The molecule has 2 atom stereocenters. The molecule has 4 rings (SSSR count). The number of nitrogens with one attached hydrogen (secondary N) is 1. The molecule has 1 amide bonds. The first-order chi connectivity index (χ1) is 19.1. The molecule has 6 nitrogen and oxygen atoms in total. The summed E-state index contributed by atoms with van der Waals surface area (Å²) in [5.41, 5.74) is 7.41. The number of amides is 1. The summed E-state index contributed by atoms with van der Waals surface area (Å²) >= 11 is 0. The van der Waals surface area contributed by atoms with Crippen molar-refractivity contribution in [3.63, 3.8) is 0 Å². The highest BCUT2D eigenvalue weighted by Gasteiger charge is 2.19. The van der Waals surface area contributed by atoms with Crippen LogP contribution in [0.25, 0.3) is 10.9 Å². The van der Waals surface area contributed by atoms with E-state index in [4.69, 9.17) is 9.47 Å². The van der Waals surface area contributed by atoms with Crippen molar-refractivity contribution < 1.29 is 19.1 Å². The predicted octanol–water partition coefficient (Wildman–Crippen LogP) is 7.02. The number of fused-ring (bicyclic) bond motifs is 1. The molecular weight excluding hydrogens is 500 g/mol. The van der Waals surface area contributed by atoms with E-state index in [2.05, 4.69) is 61.0 Å². The Balaban J connectivity index is 1.53. The van der Waals surface area contributed by atoms with Gasteiger partial charge in [0, 0.05) is 29.2 Å². The van der Waals surface area contributed by atoms with E-state index in [0.29, 0.717) is 30.3 Å². The molecule has 0 fully saturated rings. The van der Waals surface area contributed by atoms with Gasteiger partial charge in [0.1, 0.15) is 5.75 Å². The highest BCUT2D eigenvalue weighted by Crippen LogP contribution is 2.29. The first-order valence-electron chi connectivity index (χ1n) is 14.0. The van der Waals surface area contributed by atoms with Gasteiger partial charge in [0.15, 0.2) is 6.10 Å². The van der Waals surface area contributed by atoms with Crippen molar-refractivity contribution in [2.75, 3.05) is 6.61 Å². The van der Waals surface area contributed by atoms with Gasteiger partial charge in [-0.05, 0) is 86.6 Å². The lowest BCUT2D eigenvalue weighted by Gasteiger charge is -2.16. The first kappa shape index (κ1) is 28.9. The van der Waals surface area contributed by atoms with Crippen LogP contribution in [0.4, 0.5) is 0 Å². The Labute approximate surface area is 237 Å². The van der Waals surface area contributed by atoms with Crippen molar-refractivity contribution in [2.24, 2.45) is 7.05 Å². The second-order valence-electron chi connectivity index (χ2n) is 10.7. The summed E-state index contributed by atoms with van der Waals surface area (Å²) in [7, 11) is 2.03. The third-order valence-electron chi connectivity index (χ3n) is 7.52. The summed E-state index contributed by atoms with van der Waals surface area (Å²) in [4.78, 5) is 25.2. The Hall–Kier alpha value is -4.06. The Bertz CT molecular complexity index is 1520. The minimum atomic E-state index is -0.680. The number of carbonyl (C=O) groups is 2. The number of aromatic nitrogens is 1. The van der Waals surface area contributed by atoms with Crippen LogP contribution in [0.2, 0.25) is 0 Å². The zero-order chi connectivity index (χ0) is 29.0. The number of nitrogens with zero attached hydrogens (tertiary/aromatic N) is 1. The molecule has 0 saturated carbocycles. The van der Waals surface area contributed by atoms with Crippen LogP contribution in [0.1, 0.15) is 84.9 Å². The summed E-state index contributed by atoms with van der Waals surface area (Å²) in [6.45, 7) is 12.3. The molecule has 40 heavy (non-hydrogen) atoms. The van der Waals surface area contributed by atoms with Crippen LogP contribution in [0.3, 0.4) is 0 Å². The minimum Gasteiger partial charge on any atom is -0.479 e. The van der Waals surface area contributed by atoms with E-state index in [0.717, 1.165) is 27.7 Å². The molecule has 0 radical (unpaired) electrons. The second kappa shape index (κ2) is 12.4. The molecule has 1 heterocycles. The molecule has 6 heteroatoms. The lowest BCUT2D eigenvalue weighted by atomic mass is 9.98. The number of ether oxygens (including phenoxy) is 2. The maximum absolute atomic E-state index is 13.2. The summed E-state index contributed by atoms with van der Waals surface area (Å²) in [5.74, 6) is 0.590. The second-order valence-corrected chi connectivity index (χ2v) is 10.7. The van der Waals surface area contributed by atoms with Crippen molar-refractivity contribution >= 4 is 22.8 Å². The van der Waals surface area contributed by atoms with Gasteiger partial charge in [-0.25, -0.2) is 4.79 Å². The molecule has 1 N–H and O–H groups in total. The number of aryl methyl sites for hydroxylation is 1. The summed E-state index contributed by atoms with van der Waals surface area (Å²) in [5, 5.41) is 4.28. The molecule has 210 valence electrons. The standard InChI is InChI=1S/C34H40N2O4/c1-8-39-34(38)24(6)40-29-14-9-11-25(17-29)18-31-23(5)36(7)32-20-28(15-16-30(31)32)33(37)35-22(4)27-13-10-12-26(19-27)21(2)3/h9-17,19-22,24H,8,18H2,1-7H3,(H,35,37)/t22-,24?/m0/s1. The third-order valence-corrected chi connectivity index (χ3v) is 7.52. The van der Waals surface area contributed by atoms with E-state index in [1.54, 1.807) is 13.8 Å². The van der Waals surface area contributed by atoms with E-state index in [9.17, 15) is 9.59 Å². The highest BCUT2D eigenvalue weighted by molar-refractivity contribution is 5.99. The molecule has 0 spiro atoms. The number of carbonyl (C=O) groups excluding carboxylic acids is 2. The molecule has 1 unspecified atom stereocenters. The van der Waals surface area contributed by atoms with Gasteiger partial charge in [-0.1, -0.05) is 56.3 Å². The van der Waals surface area contributed by atoms with Crippen molar-refractivity contribution in [3.8, 4) is 5.75 Å². The van der Waals surface area contributed by atoms with Crippen LogP contribution in [-0.4, -0.2) is 29.2 Å². The highest BCUT2D eigenvalue weighted by atomic mass is 16.6. The van der Waals surface area contributed by atoms with Gasteiger partial charge in [0.05, 0.1) is 12.6 Å². The van der Waals surface area contributed by atoms with Gasteiger partial charge >= 0.3 is 5.97 Å². The minimum absolute atomic E-state index is 0.0923. The van der Waals surface area contributed by atoms with E-state index in [1.165, 1.54) is 11.1 Å². The maximum Gasteiger partial charge on any atom is 0.347 e. The monoisotopic (exact) mass is 540 g/mol. The number of esters is 1. The van der Waals surface area contributed by atoms with Gasteiger partial charge < -0.3 is 19.4 Å². The molecule has 0 saturated heterocycles. The van der Waals surface area contributed by atoms with E-state index in [1.807, 2.05) is 50.4 Å². The molecule has 0 aliphatic carbocycles. The number of hydrogen-bond acceptors (Lipinski definition) is 4. The third kappa shape index (κ3) is 6.39. The normalized spacial score (nSPS) is 12.8. The Morgan fingerprint density at radius 1 is 0.925 bits per heavy atom. The Morgan fingerprint density at radius 2 is 1.65 bits per heavy atom. The molecule has 4 aromatic rings. The zero-order valence-corrected chi connectivity index (χ0v) is 24.6.